The topological polar surface area (TPSA) is 79.4 Å². The molecular formula is C17H17N3O2. The highest BCUT2D eigenvalue weighted by Crippen LogP contribution is 2.34. The van der Waals surface area contributed by atoms with E-state index in [1.54, 1.807) is 24.0 Å². The molecule has 1 aliphatic rings. The third-order valence-electron chi connectivity index (χ3n) is 3.68. The Labute approximate surface area is 128 Å². The predicted octanol–water partition coefficient (Wildman–Crippen LogP) is 2.28. The van der Waals surface area contributed by atoms with Crippen LogP contribution in [0.25, 0.3) is 0 Å². The number of hydrogen-bond donors (Lipinski definition) is 2. The van der Waals surface area contributed by atoms with Crippen molar-refractivity contribution in [2.24, 2.45) is 5.73 Å². The van der Waals surface area contributed by atoms with E-state index in [0.717, 1.165) is 17.0 Å². The number of nitrogen functional groups attached to an aromatic ring is 1. The molecule has 5 heteroatoms. The van der Waals surface area contributed by atoms with Crippen molar-refractivity contribution in [3.8, 4) is 5.75 Å². The summed E-state index contributed by atoms with van der Waals surface area (Å²) < 4.78 is 5.63. The number of fused-ring (bicyclic) bond motifs is 1. The fraction of sp³-hybridized carbons (Fsp3) is 0.176. The lowest BCUT2D eigenvalue weighted by Crippen LogP contribution is -2.43. The highest BCUT2D eigenvalue weighted by molar-refractivity contribution is 5.99. The molecule has 0 spiro atoms. The van der Waals surface area contributed by atoms with Gasteiger partial charge < -0.3 is 15.4 Å². The van der Waals surface area contributed by atoms with Crippen LogP contribution in [0.1, 0.15) is 18.1 Å². The Morgan fingerprint density at radius 3 is 2.59 bits per heavy atom. The van der Waals surface area contributed by atoms with Crippen LogP contribution in [-0.2, 0) is 11.3 Å². The zero-order valence-electron chi connectivity index (χ0n) is 12.2. The largest absolute Gasteiger partial charge is 0.479 e. The number of nitrogens with one attached hydrogen (secondary N) is 1. The van der Waals surface area contributed by atoms with Gasteiger partial charge in [-0.25, -0.2) is 0 Å². The van der Waals surface area contributed by atoms with Crippen molar-refractivity contribution in [3.05, 3.63) is 59.7 Å². The van der Waals surface area contributed by atoms with Gasteiger partial charge in [-0.1, -0.05) is 36.4 Å². The molecule has 1 amide bonds. The fourth-order valence-corrected chi connectivity index (χ4v) is 2.49. The third kappa shape index (κ3) is 2.53. The van der Waals surface area contributed by atoms with Crippen LogP contribution in [0.3, 0.4) is 0 Å². The van der Waals surface area contributed by atoms with E-state index in [-0.39, 0.29) is 11.7 Å². The molecule has 112 valence electrons. The third-order valence-corrected chi connectivity index (χ3v) is 3.68. The van der Waals surface area contributed by atoms with Gasteiger partial charge in [-0.3, -0.25) is 10.2 Å². The quantitative estimate of drug-likeness (QED) is 0.673. The van der Waals surface area contributed by atoms with Crippen LogP contribution in [0.5, 0.6) is 5.75 Å². The number of carbonyl (C=O) groups is 1. The number of hydrogen-bond acceptors (Lipinski definition) is 3. The second-order valence-corrected chi connectivity index (χ2v) is 5.26. The van der Waals surface area contributed by atoms with Crippen molar-refractivity contribution in [2.45, 2.75) is 19.6 Å². The summed E-state index contributed by atoms with van der Waals surface area (Å²) in [4.78, 5) is 14.1. The number of carbonyl (C=O) groups excluding carboxylic acids is 1. The molecule has 0 aromatic heterocycles. The van der Waals surface area contributed by atoms with Crippen LogP contribution < -0.4 is 15.4 Å². The molecule has 0 radical (unpaired) electrons. The van der Waals surface area contributed by atoms with Crippen molar-refractivity contribution in [3.63, 3.8) is 0 Å². The molecule has 22 heavy (non-hydrogen) atoms. The Morgan fingerprint density at radius 1 is 1.23 bits per heavy atom. The first-order chi connectivity index (χ1) is 10.6. The van der Waals surface area contributed by atoms with Gasteiger partial charge in [0, 0.05) is 5.56 Å². The van der Waals surface area contributed by atoms with Crippen molar-refractivity contribution >= 4 is 17.4 Å². The van der Waals surface area contributed by atoms with E-state index in [1.165, 1.54) is 0 Å². The summed E-state index contributed by atoms with van der Waals surface area (Å²) in [6, 6.07) is 14.9. The number of ether oxygens (including phenoxy) is 1. The Morgan fingerprint density at radius 2 is 1.91 bits per heavy atom. The smallest absolute Gasteiger partial charge is 0.268 e. The zero-order valence-corrected chi connectivity index (χ0v) is 12.2. The molecule has 0 aliphatic carbocycles. The molecule has 3 N–H and O–H groups in total. The number of rotatable bonds is 3. The van der Waals surface area contributed by atoms with Crippen molar-refractivity contribution in [1.29, 1.82) is 5.41 Å². The standard InChI is InChI=1S/C17H17N3O2/c1-11-17(21)20(14-4-2-3-5-15(14)22-11)10-12-6-8-13(9-7-12)16(18)19/h2-9,11H,10H2,1H3,(H3,18,19). The van der Waals surface area contributed by atoms with E-state index in [4.69, 9.17) is 15.9 Å². The molecule has 0 saturated carbocycles. The summed E-state index contributed by atoms with van der Waals surface area (Å²) in [6.07, 6.45) is -0.494. The van der Waals surface area contributed by atoms with Gasteiger partial charge in [-0.05, 0) is 24.6 Å². The van der Waals surface area contributed by atoms with E-state index in [2.05, 4.69) is 0 Å². The normalized spacial score (nSPS) is 16.9. The Bertz CT molecular complexity index is 725. The number of amides is 1. The molecule has 1 atom stereocenters. The molecular weight excluding hydrogens is 278 g/mol. The van der Waals surface area contributed by atoms with E-state index in [0.29, 0.717) is 12.1 Å². The van der Waals surface area contributed by atoms with Gasteiger partial charge in [-0.2, -0.15) is 0 Å². The van der Waals surface area contributed by atoms with Crippen LogP contribution >= 0.6 is 0 Å². The minimum Gasteiger partial charge on any atom is -0.479 e. The van der Waals surface area contributed by atoms with Crippen molar-refractivity contribution in [2.75, 3.05) is 4.90 Å². The van der Waals surface area contributed by atoms with E-state index in [9.17, 15) is 4.79 Å². The highest BCUT2D eigenvalue weighted by atomic mass is 16.5. The average Bonchev–Trinajstić information content (AvgIpc) is 2.52. The van der Waals surface area contributed by atoms with Crippen LogP contribution in [-0.4, -0.2) is 17.8 Å². The Balaban J connectivity index is 1.90. The molecule has 5 nitrogen and oxygen atoms in total. The molecule has 1 heterocycles. The highest BCUT2D eigenvalue weighted by Gasteiger charge is 2.31. The Kier molecular flexibility index (Phi) is 3.55. The number of para-hydroxylation sites is 2. The van der Waals surface area contributed by atoms with Crippen molar-refractivity contribution < 1.29 is 9.53 Å². The molecule has 0 bridgehead atoms. The first kappa shape index (κ1) is 14.1. The number of anilines is 1. The van der Waals surface area contributed by atoms with Gasteiger partial charge in [0.1, 0.15) is 11.6 Å². The van der Waals surface area contributed by atoms with E-state index >= 15 is 0 Å². The number of nitrogens with two attached hydrogens (primary N) is 1. The number of nitrogens with zero attached hydrogens (tertiary/aromatic N) is 1. The molecule has 3 rings (SSSR count). The SMILES string of the molecule is CC1Oc2ccccc2N(Cc2ccc(C(=N)N)cc2)C1=O. The maximum atomic E-state index is 12.4. The molecule has 0 fully saturated rings. The lowest BCUT2D eigenvalue weighted by Gasteiger charge is -2.33. The summed E-state index contributed by atoms with van der Waals surface area (Å²) in [5.41, 5.74) is 7.88. The fourth-order valence-electron chi connectivity index (χ4n) is 2.49. The molecule has 0 saturated heterocycles. The minimum atomic E-state index is -0.494. The van der Waals surface area contributed by atoms with Crippen molar-refractivity contribution in [1.82, 2.24) is 0 Å². The second-order valence-electron chi connectivity index (χ2n) is 5.26. The van der Waals surface area contributed by atoms with Gasteiger partial charge in [0.2, 0.25) is 0 Å². The monoisotopic (exact) mass is 295 g/mol. The first-order valence-electron chi connectivity index (χ1n) is 7.06. The number of amidine groups is 1. The van der Waals surface area contributed by atoms with Crippen LogP contribution in [0.2, 0.25) is 0 Å². The van der Waals surface area contributed by atoms with Gasteiger partial charge in [-0.15, -0.1) is 0 Å². The predicted molar refractivity (Wildman–Crippen MR) is 85.2 cm³/mol. The summed E-state index contributed by atoms with van der Waals surface area (Å²) in [7, 11) is 0. The van der Waals surface area contributed by atoms with E-state index in [1.807, 2.05) is 36.4 Å². The summed E-state index contributed by atoms with van der Waals surface area (Å²) >= 11 is 0. The minimum absolute atomic E-state index is 0.0352. The molecule has 2 aromatic rings. The summed E-state index contributed by atoms with van der Waals surface area (Å²) in [6.45, 7) is 2.21. The van der Waals surface area contributed by atoms with Crippen LogP contribution in [0.15, 0.2) is 48.5 Å². The van der Waals surface area contributed by atoms with Gasteiger partial charge >= 0.3 is 0 Å². The van der Waals surface area contributed by atoms with Gasteiger partial charge in [0.25, 0.3) is 5.91 Å². The summed E-state index contributed by atoms with van der Waals surface area (Å²) in [5, 5.41) is 7.41. The molecule has 2 aromatic carbocycles. The maximum Gasteiger partial charge on any atom is 0.268 e. The van der Waals surface area contributed by atoms with Crippen LogP contribution in [0, 0.1) is 5.41 Å². The van der Waals surface area contributed by atoms with Crippen LogP contribution in [0.4, 0.5) is 5.69 Å². The summed E-state index contributed by atoms with van der Waals surface area (Å²) in [5.74, 6) is 0.692. The first-order valence-corrected chi connectivity index (χ1v) is 7.06. The van der Waals surface area contributed by atoms with Gasteiger partial charge in [0.15, 0.2) is 6.10 Å². The lowest BCUT2D eigenvalue weighted by molar-refractivity contribution is -0.125. The van der Waals surface area contributed by atoms with E-state index < -0.39 is 6.10 Å². The number of benzene rings is 2. The Hall–Kier alpha value is -2.82. The maximum absolute atomic E-state index is 12.4. The lowest BCUT2D eigenvalue weighted by atomic mass is 10.1. The second kappa shape index (κ2) is 5.52. The zero-order chi connectivity index (χ0) is 15.7. The molecule has 1 unspecified atom stereocenters. The van der Waals surface area contributed by atoms with Gasteiger partial charge in [0.05, 0.1) is 12.2 Å². The average molecular weight is 295 g/mol. The molecule has 1 aliphatic heterocycles.